The van der Waals surface area contributed by atoms with Gasteiger partial charge in [0.25, 0.3) is 0 Å². The third-order valence-electron chi connectivity index (χ3n) is 2.75. The zero-order valence-electron chi connectivity index (χ0n) is 11.6. The van der Waals surface area contributed by atoms with E-state index in [1.165, 1.54) is 0 Å². The van der Waals surface area contributed by atoms with Gasteiger partial charge in [0.05, 0.1) is 18.1 Å². The topological polar surface area (TPSA) is 62.1 Å². The van der Waals surface area contributed by atoms with Crippen LogP contribution in [0.3, 0.4) is 0 Å². The first-order chi connectivity index (χ1) is 9.06. The van der Waals surface area contributed by atoms with Crippen molar-refractivity contribution in [3.05, 3.63) is 29.8 Å². The minimum Gasteiger partial charge on any atom is -0.491 e. The number of amides is 1. The van der Waals surface area contributed by atoms with Crippen LogP contribution in [0.5, 0.6) is 5.75 Å². The summed E-state index contributed by atoms with van der Waals surface area (Å²) in [6.07, 6.45) is 1.02. The van der Waals surface area contributed by atoms with Gasteiger partial charge in [0.15, 0.2) is 0 Å². The second kappa shape index (κ2) is 7.42. The molecule has 0 radical (unpaired) electrons. The highest BCUT2D eigenvalue weighted by atomic mass is 16.5. The van der Waals surface area contributed by atoms with Crippen molar-refractivity contribution in [1.29, 1.82) is 5.26 Å². The Kier molecular flexibility index (Phi) is 5.87. The monoisotopic (exact) mass is 260 g/mol. The summed E-state index contributed by atoms with van der Waals surface area (Å²) in [6, 6.07) is 9.73. The molecule has 1 unspecified atom stereocenters. The lowest BCUT2D eigenvalue weighted by Gasteiger charge is -2.12. The summed E-state index contributed by atoms with van der Waals surface area (Å²) in [5.74, 6) is 0.493. The number of nitriles is 1. The number of benzene rings is 1. The van der Waals surface area contributed by atoms with Crippen LogP contribution in [0, 0.1) is 11.3 Å². The summed E-state index contributed by atoms with van der Waals surface area (Å²) in [5.41, 5.74) is 0.919. The largest absolute Gasteiger partial charge is 0.491 e. The summed E-state index contributed by atoms with van der Waals surface area (Å²) < 4.78 is 5.55. The maximum absolute atomic E-state index is 11.2. The second-order valence-corrected chi connectivity index (χ2v) is 4.63. The molecule has 1 amide bonds. The molecule has 1 atom stereocenters. The number of nitrogens with one attached hydrogen (secondary N) is 1. The molecule has 0 aromatic heterocycles. The van der Waals surface area contributed by atoms with Crippen LogP contribution in [0.4, 0.5) is 0 Å². The zero-order valence-corrected chi connectivity index (χ0v) is 11.6. The summed E-state index contributed by atoms with van der Waals surface area (Å²) in [5, 5.41) is 11.7. The molecule has 0 fully saturated rings. The molecule has 0 heterocycles. The number of hydrogen-bond donors (Lipinski definition) is 1. The average molecular weight is 260 g/mol. The van der Waals surface area contributed by atoms with E-state index in [-0.39, 0.29) is 17.9 Å². The lowest BCUT2D eigenvalue weighted by Crippen LogP contribution is -2.18. The van der Waals surface area contributed by atoms with Crippen LogP contribution in [0.15, 0.2) is 24.3 Å². The number of carbonyl (C=O) groups is 1. The minimum absolute atomic E-state index is 0.0417. The predicted octanol–water partition coefficient (Wildman–Crippen LogP) is 2.61. The Morgan fingerprint density at radius 2 is 2.00 bits per heavy atom. The Labute approximate surface area is 114 Å². The molecule has 0 aliphatic carbocycles. The number of nitrogens with zero attached hydrogens (tertiary/aromatic N) is 1. The van der Waals surface area contributed by atoms with Crippen molar-refractivity contribution in [3.63, 3.8) is 0 Å². The van der Waals surface area contributed by atoms with Crippen LogP contribution < -0.4 is 10.1 Å². The van der Waals surface area contributed by atoms with Crippen molar-refractivity contribution in [3.8, 4) is 11.8 Å². The first-order valence-corrected chi connectivity index (χ1v) is 6.43. The van der Waals surface area contributed by atoms with Crippen molar-refractivity contribution in [2.45, 2.75) is 38.7 Å². The molecule has 19 heavy (non-hydrogen) atoms. The first kappa shape index (κ1) is 15.0. The van der Waals surface area contributed by atoms with Gasteiger partial charge in [0.2, 0.25) is 5.91 Å². The van der Waals surface area contributed by atoms with Crippen molar-refractivity contribution >= 4 is 5.91 Å². The fourth-order valence-electron chi connectivity index (χ4n) is 1.76. The van der Waals surface area contributed by atoms with E-state index in [1.54, 1.807) is 7.05 Å². The SMILES string of the molecule is CNC(=O)CCC(C#N)c1ccc(OC(C)C)cc1. The van der Waals surface area contributed by atoms with Gasteiger partial charge >= 0.3 is 0 Å². The van der Waals surface area contributed by atoms with Crippen LogP contribution in [0.25, 0.3) is 0 Å². The molecule has 0 saturated heterocycles. The van der Waals surface area contributed by atoms with Gasteiger partial charge in [-0.25, -0.2) is 0 Å². The summed E-state index contributed by atoms with van der Waals surface area (Å²) in [6.45, 7) is 3.94. The van der Waals surface area contributed by atoms with E-state index in [0.29, 0.717) is 12.8 Å². The Hall–Kier alpha value is -2.02. The molecule has 1 rings (SSSR count). The van der Waals surface area contributed by atoms with E-state index < -0.39 is 0 Å². The van der Waals surface area contributed by atoms with Gasteiger partial charge in [-0.15, -0.1) is 0 Å². The van der Waals surface area contributed by atoms with Gasteiger partial charge in [0.1, 0.15) is 5.75 Å². The Morgan fingerprint density at radius 1 is 1.37 bits per heavy atom. The summed E-state index contributed by atoms with van der Waals surface area (Å²) in [4.78, 5) is 11.2. The Bertz CT molecular complexity index is 446. The van der Waals surface area contributed by atoms with Crippen molar-refractivity contribution < 1.29 is 9.53 Å². The molecule has 4 nitrogen and oxygen atoms in total. The zero-order chi connectivity index (χ0) is 14.3. The Morgan fingerprint density at radius 3 is 2.47 bits per heavy atom. The fourth-order valence-corrected chi connectivity index (χ4v) is 1.76. The molecule has 0 saturated carbocycles. The molecule has 0 spiro atoms. The van der Waals surface area contributed by atoms with Gasteiger partial charge in [-0.2, -0.15) is 5.26 Å². The molecule has 102 valence electrons. The molecule has 4 heteroatoms. The average Bonchev–Trinajstić information content (AvgIpc) is 2.40. The molecule has 1 aromatic rings. The maximum Gasteiger partial charge on any atom is 0.219 e. The summed E-state index contributed by atoms with van der Waals surface area (Å²) >= 11 is 0. The number of carbonyl (C=O) groups excluding carboxylic acids is 1. The molecule has 0 bridgehead atoms. The Balaban J connectivity index is 2.66. The maximum atomic E-state index is 11.2. The standard InChI is InChI=1S/C15H20N2O2/c1-11(2)19-14-7-4-12(5-8-14)13(10-16)6-9-15(18)17-3/h4-5,7-8,11,13H,6,9H2,1-3H3,(H,17,18). The minimum atomic E-state index is -0.259. The van der Waals surface area contributed by atoms with Crippen molar-refractivity contribution in [1.82, 2.24) is 5.32 Å². The van der Waals surface area contributed by atoms with Gasteiger partial charge in [-0.05, 0) is 38.0 Å². The van der Waals surface area contributed by atoms with Crippen molar-refractivity contribution in [2.75, 3.05) is 7.05 Å². The number of ether oxygens (including phenoxy) is 1. The fraction of sp³-hybridized carbons (Fsp3) is 0.467. The highest BCUT2D eigenvalue weighted by Crippen LogP contribution is 2.23. The molecule has 0 aliphatic heterocycles. The van der Waals surface area contributed by atoms with E-state index in [9.17, 15) is 4.79 Å². The van der Waals surface area contributed by atoms with Gasteiger partial charge in [-0.3, -0.25) is 4.79 Å². The molecule has 1 N–H and O–H groups in total. The third-order valence-corrected chi connectivity index (χ3v) is 2.75. The smallest absolute Gasteiger partial charge is 0.219 e. The summed E-state index contributed by atoms with van der Waals surface area (Å²) in [7, 11) is 1.60. The van der Waals surface area contributed by atoms with E-state index in [1.807, 2.05) is 38.1 Å². The van der Waals surface area contributed by atoms with Gasteiger partial charge < -0.3 is 10.1 Å². The van der Waals surface area contributed by atoms with E-state index in [0.717, 1.165) is 11.3 Å². The quantitative estimate of drug-likeness (QED) is 0.855. The van der Waals surface area contributed by atoms with Crippen molar-refractivity contribution in [2.24, 2.45) is 0 Å². The lowest BCUT2D eigenvalue weighted by atomic mass is 9.95. The van der Waals surface area contributed by atoms with Crippen LogP contribution in [-0.2, 0) is 4.79 Å². The van der Waals surface area contributed by atoms with Gasteiger partial charge in [-0.1, -0.05) is 12.1 Å². The van der Waals surface area contributed by atoms with Crippen LogP contribution in [0.2, 0.25) is 0 Å². The van der Waals surface area contributed by atoms with E-state index >= 15 is 0 Å². The second-order valence-electron chi connectivity index (χ2n) is 4.63. The van der Waals surface area contributed by atoms with Crippen LogP contribution >= 0.6 is 0 Å². The molecule has 1 aromatic carbocycles. The third kappa shape index (κ3) is 5.01. The highest BCUT2D eigenvalue weighted by Gasteiger charge is 2.12. The van der Waals surface area contributed by atoms with E-state index in [4.69, 9.17) is 10.00 Å². The lowest BCUT2D eigenvalue weighted by molar-refractivity contribution is -0.120. The first-order valence-electron chi connectivity index (χ1n) is 6.43. The van der Waals surface area contributed by atoms with E-state index in [2.05, 4.69) is 11.4 Å². The predicted molar refractivity (Wildman–Crippen MR) is 73.9 cm³/mol. The number of hydrogen-bond acceptors (Lipinski definition) is 3. The van der Waals surface area contributed by atoms with Crippen LogP contribution in [0.1, 0.15) is 38.2 Å². The molecular formula is C15H20N2O2. The normalized spacial score (nSPS) is 11.7. The van der Waals surface area contributed by atoms with Gasteiger partial charge in [0, 0.05) is 13.5 Å². The number of rotatable bonds is 6. The molecular weight excluding hydrogens is 240 g/mol. The molecule has 0 aliphatic rings. The highest BCUT2D eigenvalue weighted by molar-refractivity contribution is 5.75. The van der Waals surface area contributed by atoms with Crippen LogP contribution in [-0.4, -0.2) is 19.1 Å².